The van der Waals surface area contributed by atoms with E-state index in [1.807, 2.05) is 6.92 Å². The minimum atomic E-state index is -1.08. The predicted molar refractivity (Wildman–Crippen MR) is 41.4 cm³/mol. The van der Waals surface area contributed by atoms with Gasteiger partial charge in [0.2, 0.25) is 0 Å². The Morgan fingerprint density at radius 2 is 2.36 bits per heavy atom. The van der Waals surface area contributed by atoms with Gasteiger partial charge >= 0.3 is 6.09 Å². The van der Waals surface area contributed by atoms with Crippen LogP contribution in [0.5, 0.6) is 0 Å². The minimum absolute atomic E-state index is 0.376. The van der Waals surface area contributed by atoms with Crippen LogP contribution in [-0.2, 0) is 4.74 Å². The first-order chi connectivity index (χ1) is 5.02. The maximum absolute atomic E-state index is 10.0. The van der Waals surface area contributed by atoms with E-state index in [1.54, 1.807) is 6.92 Å². The molecular weight excluding hydrogens is 146 g/mol. The van der Waals surface area contributed by atoms with Crippen LogP contribution in [0.3, 0.4) is 0 Å². The van der Waals surface area contributed by atoms with Crippen LogP contribution in [0.25, 0.3) is 0 Å². The molecule has 0 radical (unpaired) electrons. The van der Waals surface area contributed by atoms with Crippen molar-refractivity contribution in [3.63, 3.8) is 0 Å². The van der Waals surface area contributed by atoms with Crippen molar-refractivity contribution in [1.29, 1.82) is 0 Å². The zero-order valence-corrected chi connectivity index (χ0v) is 6.76. The molecule has 0 aliphatic rings. The van der Waals surface area contributed by atoms with E-state index in [0.29, 0.717) is 6.61 Å². The summed E-state index contributed by atoms with van der Waals surface area (Å²) in [5, 5.41) is 10.4. The number of carbonyl (C=O) groups is 1. The summed E-state index contributed by atoms with van der Waals surface area (Å²) in [6.07, 6.45) is -1.57. The van der Waals surface area contributed by atoms with Crippen molar-refractivity contribution >= 4 is 6.09 Å². The molecule has 1 atom stereocenters. The summed E-state index contributed by atoms with van der Waals surface area (Å²) in [6, 6.07) is 0. The Labute approximate surface area is 65.9 Å². The zero-order chi connectivity index (χ0) is 8.85. The van der Waals surface area contributed by atoms with Crippen LogP contribution in [0.4, 0.5) is 4.79 Å². The zero-order valence-electron chi connectivity index (χ0n) is 6.76. The van der Waals surface area contributed by atoms with Crippen LogP contribution in [0, 0.1) is 0 Å². The summed E-state index contributed by atoms with van der Waals surface area (Å²) in [7, 11) is 0. The topological polar surface area (TPSA) is 58.6 Å². The van der Waals surface area contributed by atoms with Crippen LogP contribution in [0.1, 0.15) is 13.8 Å². The third-order valence-electron chi connectivity index (χ3n) is 0.906. The Morgan fingerprint density at radius 1 is 1.82 bits per heavy atom. The summed E-state index contributed by atoms with van der Waals surface area (Å²) in [6.45, 7) is 7.42. The van der Waals surface area contributed by atoms with Crippen LogP contribution >= 0.6 is 0 Å². The average Bonchev–Trinajstić information content (AvgIpc) is 1.82. The third-order valence-corrected chi connectivity index (χ3v) is 0.906. The highest BCUT2D eigenvalue weighted by atomic mass is 16.5. The molecule has 0 aromatic heterocycles. The highest BCUT2D eigenvalue weighted by Crippen LogP contribution is 1.91. The Balaban J connectivity index is 3.44. The van der Waals surface area contributed by atoms with E-state index < -0.39 is 12.3 Å². The molecule has 0 saturated carbocycles. The van der Waals surface area contributed by atoms with Crippen molar-refractivity contribution < 1.29 is 14.6 Å². The van der Waals surface area contributed by atoms with Crippen LogP contribution < -0.4 is 5.32 Å². The number of rotatable bonds is 4. The molecule has 0 aromatic rings. The van der Waals surface area contributed by atoms with Gasteiger partial charge in [0.1, 0.15) is 6.23 Å². The Kier molecular flexibility index (Phi) is 4.29. The standard InChI is InChI=1S/C7H13NO3/c1-5(2)4-11-6(3)8-7(9)10/h6,8H,1,4H2,2-3H3,(H,9,10). The summed E-state index contributed by atoms with van der Waals surface area (Å²) < 4.78 is 5.02. The van der Waals surface area contributed by atoms with Gasteiger partial charge in [0, 0.05) is 0 Å². The molecule has 4 nitrogen and oxygen atoms in total. The molecule has 0 spiro atoms. The van der Waals surface area contributed by atoms with Gasteiger partial charge in [0.25, 0.3) is 0 Å². The smallest absolute Gasteiger partial charge is 0.406 e. The van der Waals surface area contributed by atoms with E-state index in [0.717, 1.165) is 5.57 Å². The van der Waals surface area contributed by atoms with Crippen molar-refractivity contribution in [1.82, 2.24) is 5.32 Å². The van der Waals surface area contributed by atoms with E-state index in [-0.39, 0.29) is 0 Å². The Hall–Kier alpha value is -1.03. The molecule has 1 unspecified atom stereocenters. The Bertz CT molecular complexity index is 156. The molecule has 4 heteroatoms. The quantitative estimate of drug-likeness (QED) is 0.478. The number of hydrogen-bond donors (Lipinski definition) is 2. The van der Waals surface area contributed by atoms with E-state index in [9.17, 15) is 4.79 Å². The predicted octanol–water partition coefficient (Wildman–Crippen LogP) is 1.19. The number of hydrogen-bond acceptors (Lipinski definition) is 2. The van der Waals surface area contributed by atoms with Gasteiger partial charge in [0.05, 0.1) is 6.61 Å². The van der Waals surface area contributed by atoms with Gasteiger partial charge in [-0.25, -0.2) is 4.79 Å². The largest absolute Gasteiger partial charge is 0.465 e. The second-order valence-corrected chi connectivity index (χ2v) is 2.36. The van der Waals surface area contributed by atoms with Gasteiger partial charge in [-0.3, -0.25) is 5.32 Å². The van der Waals surface area contributed by atoms with Crippen molar-refractivity contribution in [2.75, 3.05) is 6.61 Å². The lowest BCUT2D eigenvalue weighted by Gasteiger charge is -2.11. The first-order valence-electron chi connectivity index (χ1n) is 3.28. The SMILES string of the molecule is C=C(C)COC(C)NC(=O)O. The second-order valence-electron chi connectivity index (χ2n) is 2.36. The highest BCUT2D eigenvalue weighted by Gasteiger charge is 2.03. The summed E-state index contributed by atoms with van der Waals surface area (Å²) >= 11 is 0. The minimum Gasteiger partial charge on any atom is -0.465 e. The summed E-state index contributed by atoms with van der Waals surface area (Å²) in [4.78, 5) is 10.0. The molecule has 0 heterocycles. The second kappa shape index (κ2) is 4.73. The number of nitrogens with one attached hydrogen (secondary N) is 1. The molecule has 11 heavy (non-hydrogen) atoms. The van der Waals surface area contributed by atoms with Crippen LogP contribution in [0.2, 0.25) is 0 Å². The first-order valence-corrected chi connectivity index (χ1v) is 3.28. The molecule has 0 aliphatic heterocycles. The van der Waals surface area contributed by atoms with E-state index in [1.165, 1.54) is 0 Å². The lowest BCUT2D eigenvalue weighted by molar-refractivity contribution is 0.0581. The maximum atomic E-state index is 10.0. The molecule has 2 N–H and O–H groups in total. The molecule has 1 amide bonds. The molecule has 0 saturated heterocycles. The maximum Gasteiger partial charge on any atom is 0.406 e. The lowest BCUT2D eigenvalue weighted by Crippen LogP contribution is -2.33. The number of carboxylic acid groups (broad SMARTS) is 1. The van der Waals surface area contributed by atoms with Crippen LogP contribution in [0.15, 0.2) is 12.2 Å². The normalized spacial score (nSPS) is 12.2. The Morgan fingerprint density at radius 3 is 2.73 bits per heavy atom. The molecule has 64 valence electrons. The summed E-state index contributed by atoms with van der Waals surface area (Å²) in [5.41, 5.74) is 0.865. The lowest BCUT2D eigenvalue weighted by atomic mass is 10.4. The fourth-order valence-corrected chi connectivity index (χ4v) is 0.483. The molecule has 0 fully saturated rings. The summed E-state index contributed by atoms with van der Waals surface area (Å²) in [5.74, 6) is 0. The molecule has 0 bridgehead atoms. The molecular formula is C7H13NO3. The van der Waals surface area contributed by atoms with Gasteiger partial charge < -0.3 is 9.84 Å². The van der Waals surface area contributed by atoms with E-state index in [2.05, 4.69) is 11.9 Å². The van der Waals surface area contributed by atoms with Crippen molar-refractivity contribution in [2.24, 2.45) is 0 Å². The van der Waals surface area contributed by atoms with Gasteiger partial charge in [-0.2, -0.15) is 0 Å². The van der Waals surface area contributed by atoms with E-state index >= 15 is 0 Å². The van der Waals surface area contributed by atoms with Gasteiger partial charge in [-0.1, -0.05) is 12.2 Å². The average molecular weight is 159 g/mol. The van der Waals surface area contributed by atoms with Crippen molar-refractivity contribution in [3.8, 4) is 0 Å². The van der Waals surface area contributed by atoms with Gasteiger partial charge in [-0.05, 0) is 13.8 Å². The monoisotopic (exact) mass is 159 g/mol. The third kappa shape index (κ3) is 6.86. The first kappa shape index (κ1) is 9.97. The molecule has 0 rings (SSSR count). The van der Waals surface area contributed by atoms with E-state index in [4.69, 9.17) is 9.84 Å². The number of ether oxygens (including phenoxy) is 1. The highest BCUT2D eigenvalue weighted by molar-refractivity contribution is 5.64. The van der Waals surface area contributed by atoms with Crippen LogP contribution in [-0.4, -0.2) is 24.0 Å². The fraction of sp³-hybridized carbons (Fsp3) is 0.571. The molecule has 0 aliphatic carbocycles. The molecule has 0 aromatic carbocycles. The van der Waals surface area contributed by atoms with Gasteiger partial charge in [-0.15, -0.1) is 0 Å². The number of amides is 1. The van der Waals surface area contributed by atoms with Crippen molar-refractivity contribution in [3.05, 3.63) is 12.2 Å². The van der Waals surface area contributed by atoms with Crippen molar-refractivity contribution in [2.45, 2.75) is 20.1 Å². The fourth-order valence-electron chi connectivity index (χ4n) is 0.483. The van der Waals surface area contributed by atoms with Gasteiger partial charge in [0.15, 0.2) is 0 Å².